The van der Waals surface area contributed by atoms with E-state index in [1.165, 1.54) is 0 Å². The minimum absolute atomic E-state index is 0.0318. The Balaban J connectivity index is 1.76. The molecule has 1 amide bonds. The van der Waals surface area contributed by atoms with Crippen molar-refractivity contribution in [1.82, 2.24) is 15.5 Å². The normalized spacial score (nSPS) is 15.5. The molecule has 0 aliphatic carbocycles. The SMILES string of the molecule is CN(CC(=O)NCc1ccccc1Cl)C1CNC1. The number of rotatable bonds is 5. The van der Waals surface area contributed by atoms with E-state index < -0.39 is 0 Å². The average Bonchev–Trinajstić information content (AvgIpc) is 2.25. The van der Waals surface area contributed by atoms with Gasteiger partial charge in [0.1, 0.15) is 0 Å². The lowest BCUT2D eigenvalue weighted by Crippen LogP contribution is -2.57. The van der Waals surface area contributed by atoms with Gasteiger partial charge in [0.15, 0.2) is 0 Å². The number of nitrogens with one attached hydrogen (secondary N) is 2. The van der Waals surface area contributed by atoms with Crippen LogP contribution >= 0.6 is 11.6 Å². The van der Waals surface area contributed by atoms with Gasteiger partial charge in [-0.1, -0.05) is 29.8 Å². The topological polar surface area (TPSA) is 44.4 Å². The lowest BCUT2D eigenvalue weighted by atomic mass is 10.1. The summed E-state index contributed by atoms with van der Waals surface area (Å²) in [7, 11) is 1.97. The summed E-state index contributed by atoms with van der Waals surface area (Å²) in [5, 5.41) is 6.77. The minimum Gasteiger partial charge on any atom is -0.351 e. The summed E-state index contributed by atoms with van der Waals surface area (Å²) >= 11 is 6.03. The molecule has 98 valence electrons. The zero-order chi connectivity index (χ0) is 13.0. The van der Waals surface area contributed by atoms with Gasteiger partial charge < -0.3 is 10.6 Å². The summed E-state index contributed by atoms with van der Waals surface area (Å²) in [4.78, 5) is 13.8. The fraction of sp³-hybridized carbons (Fsp3) is 0.462. The van der Waals surface area contributed by atoms with Crippen molar-refractivity contribution in [2.75, 3.05) is 26.7 Å². The van der Waals surface area contributed by atoms with Crippen molar-refractivity contribution in [2.24, 2.45) is 0 Å². The number of carbonyl (C=O) groups is 1. The van der Waals surface area contributed by atoms with E-state index in [0.717, 1.165) is 18.7 Å². The number of nitrogens with zero attached hydrogens (tertiary/aromatic N) is 1. The summed E-state index contributed by atoms with van der Waals surface area (Å²) in [6.45, 7) is 2.84. The first kappa shape index (κ1) is 13.3. The van der Waals surface area contributed by atoms with Gasteiger partial charge in [0.2, 0.25) is 5.91 Å². The van der Waals surface area contributed by atoms with Crippen LogP contribution in [0.5, 0.6) is 0 Å². The molecule has 1 fully saturated rings. The fourth-order valence-corrected chi connectivity index (χ4v) is 2.03. The first-order valence-electron chi connectivity index (χ1n) is 6.08. The maximum Gasteiger partial charge on any atom is 0.234 e. The first-order valence-corrected chi connectivity index (χ1v) is 6.45. The number of carbonyl (C=O) groups excluding carboxylic acids is 1. The van der Waals surface area contributed by atoms with Gasteiger partial charge in [0.05, 0.1) is 6.54 Å². The average molecular weight is 268 g/mol. The highest BCUT2D eigenvalue weighted by atomic mass is 35.5. The summed E-state index contributed by atoms with van der Waals surface area (Å²) in [5.74, 6) is 0.0318. The van der Waals surface area contributed by atoms with E-state index >= 15 is 0 Å². The Morgan fingerprint density at radius 2 is 2.22 bits per heavy atom. The maximum absolute atomic E-state index is 11.8. The standard InChI is InChI=1S/C13H18ClN3O/c1-17(11-7-15-8-11)9-13(18)16-6-10-4-2-3-5-12(10)14/h2-5,11,15H,6-9H2,1H3,(H,16,18). The van der Waals surface area contributed by atoms with E-state index in [-0.39, 0.29) is 5.91 Å². The lowest BCUT2D eigenvalue weighted by Gasteiger charge is -2.35. The van der Waals surface area contributed by atoms with Crippen molar-refractivity contribution in [3.63, 3.8) is 0 Å². The molecule has 2 N–H and O–H groups in total. The molecule has 1 heterocycles. The number of hydrogen-bond donors (Lipinski definition) is 2. The predicted molar refractivity (Wildman–Crippen MR) is 72.6 cm³/mol. The molecule has 1 aromatic rings. The Bertz CT molecular complexity index is 420. The van der Waals surface area contributed by atoms with Crippen LogP contribution in [0, 0.1) is 0 Å². The molecule has 0 spiro atoms. The van der Waals surface area contributed by atoms with Crippen molar-refractivity contribution in [2.45, 2.75) is 12.6 Å². The van der Waals surface area contributed by atoms with Crippen LogP contribution in [0.3, 0.4) is 0 Å². The van der Waals surface area contributed by atoms with Crippen LogP contribution in [0.15, 0.2) is 24.3 Å². The molecule has 0 aromatic heterocycles. The molecule has 0 saturated carbocycles. The number of likely N-dealkylation sites (N-methyl/N-ethyl adjacent to an activating group) is 1. The summed E-state index contributed by atoms with van der Waals surface area (Å²) in [6.07, 6.45) is 0. The Kier molecular flexibility index (Phi) is 4.58. The molecule has 0 bridgehead atoms. The smallest absolute Gasteiger partial charge is 0.234 e. The van der Waals surface area contributed by atoms with Crippen molar-refractivity contribution in [1.29, 1.82) is 0 Å². The van der Waals surface area contributed by atoms with Crippen LogP contribution < -0.4 is 10.6 Å². The molecular formula is C13H18ClN3O. The third-order valence-electron chi connectivity index (χ3n) is 3.21. The van der Waals surface area contributed by atoms with Gasteiger partial charge in [-0.05, 0) is 18.7 Å². The van der Waals surface area contributed by atoms with E-state index in [0.29, 0.717) is 24.2 Å². The summed E-state index contributed by atoms with van der Waals surface area (Å²) in [6, 6.07) is 8.03. The van der Waals surface area contributed by atoms with Crippen molar-refractivity contribution in [3.8, 4) is 0 Å². The summed E-state index contributed by atoms with van der Waals surface area (Å²) < 4.78 is 0. The molecule has 4 nitrogen and oxygen atoms in total. The minimum atomic E-state index is 0.0318. The lowest BCUT2D eigenvalue weighted by molar-refractivity contribution is -0.122. The van der Waals surface area contributed by atoms with Crippen LogP contribution in [0.1, 0.15) is 5.56 Å². The van der Waals surface area contributed by atoms with Crippen LogP contribution in [0.2, 0.25) is 5.02 Å². The number of benzene rings is 1. The Hall–Kier alpha value is -1.10. The largest absolute Gasteiger partial charge is 0.351 e. The summed E-state index contributed by atoms with van der Waals surface area (Å²) in [5.41, 5.74) is 0.945. The Morgan fingerprint density at radius 3 is 2.83 bits per heavy atom. The second-order valence-electron chi connectivity index (χ2n) is 4.60. The predicted octanol–water partition coefficient (Wildman–Crippen LogP) is 0.860. The van der Waals surface area contributed by atoms with E-state index in [9.17, 15) is 4.79 Å². The molecule has 2 rings (SSSR count). The second kappa shape index (κ2) is 6.18. The zero-order valence-electron chi connectivity index (χ0n) is 10.4. The maximum atomic E-state index is 11.8. The van der Waals surface area contributed by atoms with E-state index in [4.69, 9.17) is 11.6 Å². The fourth-order valence-electron chi connectivity index (χ4n) is 1.83. The molecule has 5 heteroatoms. The van der Waals surface area contributed by atoms with Gasteiger partial charge in [0, 0.05) is 30.7 Å². The van der Waals surface area contributed by atoms with Crippen molar-refractivity contribution < 1.29 is 4.79 Å². The third-order valence-corrected chi connectivity index (χ3v) is 3.58. The molecule has 0 atom stereocenters. The van der Waals surface area contributed by atoms with Crippen LogP contribution in [-0.4, -0.2) is 43.5 Å². The van der Waals surface area contributed by atoms with Gasteiger partial charge in [0.25, 0.3) is 0 Å². The molecule has 0 unspecified atom stereocenters. The molecule has 1 aromatic carbocycles. The molecular weight excluding hydrogens is 250 g/mol. The molecule has 18 heavy (non-hydrogen) atoms. The van der Waals surface area contributed by atoms with Gasteiger partial charge in [-0.2, -0.15) is 0 Å². The monoisotopic (exact) mass is 267 g/mol. The van der Waals surface area contributed by atoms with Gasteiger partial charge in [-0.15, -0.1) is 0 Å². The highest BCUT2D eigenvalue weighted by molar-refractivity contribution is 6.31. The Labute approximate surface area is 112 Å². The highest BCUT2D eigenvalue weighted by Gasteiger charge is 2.22. The van der Waals surface area contributed by atoms with Crippen LogP contribution in [-0.2, 0) is 11.3 Å². The zero-order valence-corrected chi connectivity index (χ0v) is 11.2. The van der Waals surface area contributed by atoms with Gasteiger partial charge in [-0.3, -0.25) is 9.69 Å². The number of amides is 1. The molecule has 1 aliphatic heterocycles. The van der Waals surface area contributed by atoms with Crippen molar-refractivity contribution >= 4 is 17.5 Å². The van der Waals surface area contributed by atoms with Gasteiger partial charge in [-0.25, -0.2) is 0 Å². The highest BCUT2D eigenvalue weighted by Crippen LogP contribution is 2.14. The second-order valence-corrected chi connectivity index (χ2v) is 5.00. The molecule has 0 radical (unpaired) electrons. The molecule has 1 saturated heterocycles. The third kappa shape index (κ3) is 3.45. The first-order chi connectivity index (χ1) is 8.66. The van der Waals surface area contributed by atoms with Crippen molar-refractivity contribution in [3.05, 3.63) is 34.9 Å². The Morgan fingerprint density at radius 1 is 1.50 bits per heavy atom. The number of hydrogen-bond acceptors (Lipinski definition) is 3. The van der Waals surface area contributed by atoms with E-state index in [1.54, 1.807) is 0 Å². The quantitative estimate of drug-likeness (QED) is 0.832. The van der Waals surface area contributed by atoms with Gasteiger partial charge >= 0.3 is 0 Å². The molecule has 1 aliphatic rings. The van der Waals surface area contributed by atoms with E-state index in [2.05, 4.69) is 15.5 Å². The van der Waals surface area contributed by atoms with Crippen LogP contribution in [0.25, 0.3) is 0 Å². The van der Waals surface area contributed by atoms with E-state index in [1.807, 2.05) is 31.3 Å². The van der Waals surface area contributed by atoms with Crippen LogP contribution in [0.4, 0.5) is 0 Å². The number of halogens is 1.